The highest BCUT2D eigenvalue weighted by molar-refractivity contribution is 5.32. The Hall–Kier alpha value is -1.24. The van der Waals surface area contributed by atoms with Crippen molar-refractivity contribution in [3.8, 4) is 0 Å². The van der Waals surface area contributed by atoms with Gasteiger partial charge in [0.15, 0.2) is 0 Å². The topological polar surface area (TPSA) is 12.0 Å². The zero-order valence-electron chi connectivity index (χ0n) is 10.4. The molecule has 1 aliphatic heterocycles. The van der Waals surface area contributed by atoms with E-state index in [1.807, 2.05) is 0 Å². The van der Waals surface area contributed by atoms with Crippen molar-refractivity contribution in [2.45, 2.75) is 43.7 Å². The molecule has 0 spiro atoms. The highest BCUT2D eigenvalue weighted by atomic mass is 19.4. The van der Waals surface area contributed by atoms with Gasteiger partial charge in [-0.05, 0) is 30.9 Å². The van der Waals surface area contributed by atoms with Crippen LogP contribution in [0.4, 0.5) is 26.3 Å². The van der Waals surface area contributed by atoms with Gasteiger partial charge in [-0.3, -0.25) is 5.32 Å². The van der Waals surface area contributed by atoms with Gasteiger partial charge in [-0.25, -0.2) is 0 Å². The van der Waals surface area contributed by atoms with Crippen molar-refractivity contribution in [3.63, 3.8) is 0 Å². The highest BCUT2D eigenvalue weighted by Gasteiger charge is 2.43. The molecule has 0 amide bonds. The van der Waals surface area contributed by atoms with E-state index in [1.165, 1.54) is 18.2 Å². The molecule has 1 aromatic rings. The Kier molecular flexibility index (Phi) is 4.00. The summed E-state index contributed by atoms with van der Waals surface area (Å²) in [7, 11) is 0. The second-order valence-corrected chi connectivity index (χ2v) is 4.83. The average molecular weight is 297 g/mol. The third kappa shape index (κ3) is 3.26. The van der Waals surface area contributed by atoms with E-state index in [4.69, 9.17) is 0 Å². The van der Waals surface area contributed by atoms with Gasteiger partial charge in [0.25, 0.3) is 0 Å². The Morgan fingerprint density at radius 2 is 1.60 bits per heavy atom. The number of nitrogens with one attached hydrogen (secondary N) is 1. The van der Waals surface area contributed by atoms with Crippen LogP contribution in [-0.4, -0.2) is 12.2 Å². The second kappa shape index (κ2) is 5.27. The van der Waals surface area contributed by atoms with Crippen LogP contribution >= 0.6 is 0 Å². The molecule has 2 rings (SSSR count). The van der Waals surface area contributed by atoms with E-state index in [-0.39, 0.29) is 24.8 Å². The number of piperidine rings is 1. The number of alkyl halides is 6. The molecular weight excluding hydrogens is 284 g/mol. The van der Waals surface area contributed by atoms with E-state index in [2.05, 4.69) is 5.32 Å². The van der Waals surface area contributed by atoms with E-state index < -0.39 is 30.0 Å². The van der Waals surface area contributed by atoms with Crippen molar-refractivity contribution in [1.29, 1.82) is 0 Å². The number of hydrogen-bond acceptors (Lipinski definition) is 1. The van der Waals surface area contributed by atoms with Crippen molar-refractivity contribution in [2.24, 2.45) is 0 Å². The lowest BCUT2D eigenvalue weighted by Crippen LogP contribution is -2.47. The lowest BCUT2D eigenvalue weighted by molar-refractivity contribution is -0.163. The van der Waals surface area contributed by atoms with E-state index in [0.29, 0.717) is 0 Å². The molecule has 0 aromatic heterocycles. The molecule has 1 heterocycles. The SMILES string of the molecule is FC(F)(F)c1ccccc1C1CCCC(C(F)(F)F)N1. The molecule has 1 N–H and O–H groups in total. The fourth-order valence-corrected chi connectivity index (χ4v) is 2.50. The van der Waals surface area contributed by atoms with Gasteiger partial charge in [-0.15, -0.1) is 0 Å². The van der Waals surface area contributed by atoms with Gasteiger partial charge in [0.05, 0.1) is 5.56 Å². The second-order valence-electron chi connectivity index (χ2n) is 4.83. The molecule has 0 saturated carbocycles. The van der Waals surface area contributed by atoms with Crippen molar-refractivity contribution < 1.29 is 26.3 Å². The minimum Gasteiger partial charge on any atom is -0.299 e. The van der Waals surface area contributed by atoms with Crippen LogP contribution in [0, 0.1) is 0 Å². The van der Waals surface area contributed by atoms with E-state index in [9.17, 15) is 26.3 Å². The Balaban J connectivity index is 2.28. The monoisotopic (exact) mass is 297 g/mol. The molecule has 2 atom stereocenters. The van der Waals surface area contributed by atoms with Crippen LogP contribution in [0.15, 0.2) is 24.3 Å². The number of rotatable bonds is 1. The third-order valence-electron chi connectivity index (χ3n) is 3.42. The first-order chi connectivity index (χ1) is 9.19. The zero-order valence-corrected chi connectivity index (χ0v) is 10.4. The summed E-state index contributed by atoms with van der Waals surface area (Å²) >= 11 is 0. The van der Waals surface area contributed by atoms with Crippen LogP contribution in [0.3, 0.4) is 0 Å². The fraction of sp³-hybridized carbons (Fsp3) is 0.538. The van der Waals surface area contributed by atoms with Gasteiger partial charge in [-0.2, -0.15) is 26.3 Å². The normalized spacial score (nSPS) is 24.7. The van der Waals surface area contributed by atoms with Gasteiger partial charge < -0.3 is 0 Å². The summed E-state index contributed by atoms with van der Waals surface area (Å²) in [6.07, 6.45) is -8.60. The van der Waals surface area contributed by atoms with Crippen molar-refractivity contribution in [1.82, 2.24) is 5.32 Å². The molecule has 2 unspecified atom stereocenters. The van der Waals surface area contributed by atoms with E-state index >= 15 is 0 Å². The highest BCUT2D eigenvalue weighted by Crippen LogP contribution is 2.39. The maximum Gasteiger partial charge on any atom is 0.416 e. The first-order valence-electron chi connectivity index (χ1n) is 6.18. The predicted molar refractivity (Wildman–Crippen MR) is 61.0 cm³/mol. The molecule has 1 fully saturated rings. The summed E-state index contributed by atoms with van der Waals surface area (Å²) < 4.78 is 76.7. The summed E-state index contributed by atoms with van der Waals surface area (Å²) in [5.74, 6) is 0. The minimum absolute atomic E-state index is 0.103. The van der Waals surface area contributed by atoms with Crippen molar-refractivity contribution >= 4 is 0 Å². The summed E-state index contributed by atoms with van der Waals surface area (Å²) in [4.78, 5) is 0. The molecule has 112 valence electrons. The van der Waals surface area contributed by atoms with Crippen LogP contribution in [-0.2, 0) is 6.18 Å². The summed E-state index contributed by atoms with van der Waals surface area (Å²) in [6, 6.07) is 2.10. The van der Waals surface area contributed by atoms with Crippen molar-refractivity contribution in [3.05, 3.63) is 35.4 Å². The van der Waals surface area contributed by atoms with Gasteiger partial charge in [0.2, 0.25) is 0 Å². The third-order valence-corrected chi connectivity index (χ3v) is 3.42. The summed E-state index contributed by atoms with van der Waals surface area (Å²) in [5, 5.41) is 2.30. The lowest BCUT2D eigenvalue weighted by Gasteiger charge is -2.33. The molecule has 1 nitrogen and oxygen atoms in total. The molecule has 0 bridgehead atoms. The minimum atomic E-state index is -4.57. The number of halogens is 6. The van der Waals surface area contributed by atoms with Crippen LogP contribution in [0.5, 0.6) is 0 Å². The fourth-order valence-electron chi connectivity index (χ4n) is 2.50. The van der Waals surface area contributed by atoms with Gasteiger partial charge in [0, 0.05) is 6.04 Å². The zero-order chi connectivity index (χ0) is 15.0. The first-order valence-corrected chi connectivity index (χ1v) is 6.18. The summed E-state index contributed by atoms with van der Waals surface area (Å²) in [5.41, 5.74) is -0.991. The van der Waals surface area contributed by atoms with Crippen LogP contribution in [0.1, 0.15) is 36.4 Å². The van der Waals surface area contributed by atoms with Gasteiger partial charge >= 0.3 is 12.4 Å². The maximum atomic E-state index is 12.9. The van der Waals surface area contributed by atoms with Gasteiger partial charge in [-0.1, -0.05) is 18.2 Å². The van der Waals surface area contributed by atoms with E-state index in [0.717, 1.165) is 6.07 Å². The Labute approximate surface area is 112 Å². The molecule has 0 radical (unpaired) electrons. The Bertz CT molecular complexity index is 465. The quantitative estimate of drug-likeness (QED) is 0.755. The molecule has 1 aliphatic rings. The van der Waals surface area contributed by atoms with Crippen molar-refractivity contribution in [2.75, 3.05) is 0 Å². The number of benzene rings is 1. The molecule has 20 heavy (non-hydrogen) atoms. The first kappa shape index (κ1) is 15.2. The summed E-state index contributed by atoms with van der Waals surface area (Å²) in [6.45, 7) is 0. The van der Waals surface area contributed by atoms with Gasteiger partial charge in [0.1, 0.15) is 6.04 Å². The lowest BCUT2D eigenvalue weighted by atomic mass is 9.90. The Morgan fingerprint density at radius 3 is 2.20 bits per heavy atom. The van der Waals surface area contributed by atoms with Crippen LogP contribution in [0.2, 0.25) is 0 Å². The predicted octanol–water partition coefficient (Wildman–Crippen LogP) is 4.45. The molecule has 0 aliphatic carbocycles. The Morgan fingerprint density at radius 1 is 0.950 bits per heavy atom. The molecular formula is C13H13F6N. The largest absolute Gasteiger partial charge is 0.416 e. The molecule has 1 aromatic carbocycles. The smallest absolute Gasteiger partial charge is 0.299 e. The average Bonchev–Trinajstić information content (AvgIpc) is 2.37. The maximum absolute atomic E-state index is 12.9. The standard InChI is InChI=1S/C13H13F6N/c14-12(15,16)9-5-2-1-4-8(9)10-6-3-7-11(20-10)13(17,18)19/h1-2,4-5,10-11,20H,3,6-7H2. The van der Waals surface area contributed by atoms with Crippen LogP contribution in [0.25, 0.3) is 0 Å². The number of hydrogen-bond donors (Lipinski definition) is 1. The van der Waals surface area contributed by atoms with E-state index in [1.54, 1.807) is 0 Å². The molecule has 7 heteroatoms. The molecule has 1 saturated heterocycles. The van der Waals surface area contributed by atoms with Crippen LogP contribution < -0.4 is 5.32 Å².